The van der Waals surface area contributed by atoms with Crippen LogP contribution < -0.4 is 11.1 Å². The molecule has 2 aromatic rings. The molecule has 0 bridgehead atoms. The molecule has 0 aliphatic heterocycles. The number of hydrogen-bond acceptors (Lipinski definition) is 2. The summed E-state index contributed by atoms with van der Waals surface area (Å²) in [5.74, 6) is -0.402. The van der Waals surface area contributed by atoms with E-state index in [0.29, 0.717) is 12.2 Å². The minimum Gasteiger partial charge on any atom is -0.389 e. The molecule has 18 heavy (non-hydrogen) atoms. The van der Waals surface area contributed by atoms with Crippen LogP contribution >= 0.6 is 12.2 Å². The highest BCUT2D eigenvalue weighted by molar-refractivity contribution is 7.80. The molecule has 0 spiro atoms. The largest absolute Gasteiger partial charge is 0.389 e. The predicted octanol–water partition coefficient (Wildman–Crippen LogP) is 3.07. The van der Waals surface area contributed by atoms with Crippen molar-refractivity contribution in [2.45, 2.75) is 6.54 Å². The zero-order chi connectivity index (χ0) is 13.0. The molecule has 0 aliphatic carbocycles. The Morgan fingerprint density at radius 2 is 1.89 bits per heavy atom. The highest BCUT2D eigenvalue weighted by Crippen LogP contribution is 2.15. The Bertz CT molecular complexity index is 555. The van der Waals surface area contributed by atoms with E-state index in [0.717, 1.165) is 5.56 Å². The van der Waals surface area contributed by atoms with Crippen molar-refractivity contribution in [3.8, 4) is 0 Å². The molecule has 0 aliphatic rings. The van der Waals surface area contributed by atoms with Gasteiger partial charge in [-0.15, -0.1) is 0 Å². The zero-order valence-corrected chi connectivity index (χ0v) is 10.5. The Morgan fingerprint density at radius 3 is 2.50 bits per heavy atom. The molecule has 0 radical (unpaired) electrons. The van der Waals surface area contributed by atoms with E-state index in [1.54, 1.807) is 12.1 Å². The van der Waals surface area contributed by atoms with E-state index in [4.69, 9.17) is 18.0 Å². The number of halogens is 1. The molecule has 0 amide bonds. The van der Waals surface area contributed by atoms with Crippen LogP contribution in [0.2, 0.25) is 0 Å². The topological polar surface area (TPSA) is 38.0 Å². The fourth-order valence-electron chi connectivity index (χ4n) is 1.62. The lowest BCUT2D eigenvalue weighted by Gasteiger charge is -2.08. The molecule has 0 unspecified atom stereocenters. The second-order valence-electron chi connectivity index (χ2n) is 3.90. The molecule has 92 valence electrons. The number of anilines is 1. The summed E-state index contributed by atoms with van der Waals surface area (Å²) in [4.78, 5) is 0.0714. The van der Waals surface area contributed by atoms with Crippen molar-refractivity contribution >= 4 is 22.9 Å². The molecule has 4 heteroatoms. The Kier molecular flexibility index (Phi) is 3.89. The lowest BCUT2D eigenvalue weighted by Crippen LogP contribution is -2.12. The van der Waals surface area contributed by atoms with Crippen LogP contribution in [0.25, 0.3) is 0 Å². The zero-order valence-electron chi connectivity index (χ0n) is 9.69. The quantitative estimate of drug-likeness (QED) is 0.830. The van der Waals surface area contributed by atoms with Gasteiger partial charge < -0.3 is 11.1 Å². The van der Waals surface area contributed by atoms with Gasteiger partial charge in [0.15, 0.2) is 0 Å². The summed E-state index contributed by atoms with van der Waals surface area (Å²) in [6.45, 7) is 0.646. The molecule has 2 aromatic carbocycles. The monoisotopic (exact) mass is 260 g/mol. The molecule has 0 saturated heterocycles. The summed E-state index contributed by atoms with van der Waals surface area (Å²) in [5, 5.41) is 3.14. The van der Waals surface area contributed by atoms with Crippen molar-refractivity contribution in [2.75, 3.05) is 5.32 Å². The number of nitrogens with one attached hydrogen (secondary N) is 1. The van der Waals surface area contributed by atoms with Crippen LogP contribution in [-0.4, -0.2) is 4.99 Å². The molecule has 0 aromatic heterocycles. The van der Waals surface area contributed by atoms with Crippen LogP contribution in [0.4, 0.5) is 10.1 Å². The minimum absolute atomic E-state index is 0.0714. The normalized spacial score (nSPS) is 10.1. The average molecular weight is 260 g/mol. The van der Waals surface area contributed by atoms with Gasteiger partial charge >= 0.3 is 0 Å². The van der Waals surface area contributed by atoms with Gasteiger partial charge in [0.25, 0.3) is 0 Å². The van der Waals surface area contributed by atoms with E-state index in [1.807, 2.05) is 30.3 Å². The van der Waals surface area contributed by atoms with Crippen molar-refractivity contribution in [3.05, 3.63) is 65.5 Å². The maximum Gasteiger partial charge on any atom is 0.135 e. The van der Waals surface area contributed by atoms with E-state index in [9.17, 15) is 4.39 Å². The third kappa shape index (κ3) is 3.05. The maximum absolute atomic E-state index is 13.6. The Balaban J connectivity index is 2.07. The molecular weight excluding hydrogens is 247 g/mol. The first-order valence-electron chi connectivity index (χ1n) is 5.54. The molecule has 3 N–H and O–H groups in total. The van der Waals surface area contributed by atoms with Crippen LogP contribution in [-0.2, 0) is 6.54 Å². The third-order valence-electron chi connectivity index (χ3n) is 2.57. The van der Waals surface area contributed by atoms with E-state index in [-0.39, 0.29) is 10.6 Å². The molecule has 2 nitrogen and oxygen atoms in total. The van der Waals surface area contributed by atoms with E-state index in [2.05, 4.69) is 5.32 Å². The van der Waals surface area contributed by atoms with Crippen molar-refractivity contribution in [1.82, 2.24) is 0 Å². The van der Waals surface area contributed by atoms with Crippen molar-refractivity contribution in [2.24, 2.45) is 5.73 Å². The highest BCUT2D eigenvalue weighted by Gasteiger charge is 2.05. The molecule has 2 rings (SSSR count). The SMILES string of the molecule is NC(=S)c1ccc(NCc2ccccc2)cc1F. The molecule has 0 fully saturated rings. The Morgan fingerprint density at radius 1 is 1.17 bits per heavy atom. The predicted molar refractivity (Wildman–Crippen MR) is 76.1 cm³/mol. The fraction of sp³-hybridized carbons (Fsp3) is 0.0714. The lowest BCUT2D eigenvalue weighted by molar-refractivity contribution is 0.626. The number of hydrogen-bond donors (Lipinski definition) is 2. The smallest absolute Gasteiger partial charge is 0.135 e. The second-order valence-corrected chi connectivity index (χ2v) is 4.34. The van der Waals surface area contributed by atoms with Gasteiger partial charge in [-0.25, -0.2) is 4.39 Å². The van der Waals surface area contributed by atoms with Crippen molar-refractivity contribution < 1.29 is 4.39 Å². The van der Waals surface area contributed by atoms with Gasteiger partial charge in [0.2, 0.25) is 0 Å². The van der Waals surface area contributed by atoms with Crippen LogP contribution in [0.3, 0.4) is 0 Å². The van der Waals surface area contributed by atoms with E-state index in [1.165, 1.54) is 6.07 Å². The number of nitrogens with two attached hydrogens (primary N) is 1. The molecule has 0 atom stereocenters. The van der Waals surface area contributed by atoms with Gasteiger partial charge in [-0.3, -0.25) is 0 Å². The van der Waals surface area contributed by atoms with Gasteiger partial charge in [0, 0.05) is 17.8 Å². The number of benzene rings is 2. The summed E-state index contributed by atoms with van der Waals surface area (Å²) in [5.41, 5.74) is 7.51. The highest BCUT2D eigenvalue weighted by atomic mass is 32.1. The summed E-state index contributed by atoms with van der Waals surface area (Å²) in [7, 11) is 0. The van der Waals surface area contributed by atoms with Crippen LogP contribution in [0.1, 0.15) is 11.1 Å². The van der Waals surface area contributed by atoms with E-state index >= 15 is 0 Å². The third-order valence-corrected chi connectivity index (χ3v) is 2.79. The lowest BCUT2D eigenvalue weighted by atomic mass is 10.2. The van der Waals surface area contributed by atoms with Crippen LogP contribution in [0, 0.1) is 5.82 Å². The molecule has 0 heterocycles. The van der Waals surface area contributed by atoms with Gasteiger partial charge in [-0.2, -0.15) is 0 Å². The molecular formula is C14H13FN2S. The first-order valence-corrected chi connectivity index (χ1v) is 5.95. The average Bonchev–Trinajstić information content (AvgIpc) is 2.37. The Hall–Kier alpha value is -1.94. The Labute approximate surface area is 111 Å². The number of thiocarbonyl (C=S) groups is 1. The second kappa shape index (κ2) is 5.60. The van der Waals surface area contributed by atoms with E-state index < -0.39 is 5.82 Å². The summed E-state index contributed by atoms with van der Waals surface area (Å²) in [6.07, 6.45) is 0. The standard InChI is InChI=1S/C14H13FN2S/c15-13-8-11(6-7-12(13)14(16)18)17-9-10-4-2-1-3-5-10/h1-8,17H,9H2,(H2,16,18). The molecule has 0 saturated carbocycles. The number of rotatable bonds is 4. The van der Waals surface area contributed by atoms with Gasteiger partial charge in [-0.05, 0) is 23.8 Å². The van der Waals surface area contributed by atoms with Crippen molar-refractivity contribution in [1.29, 1.82) is 0 Å². The summed E-state index contributed by atoms with van der Waals surface area (Å²) in [6, 6.07) is 14.7. The minimum atomic E-state index is -0.402. The van der Waals surface area contributed by atoms with Gasteiger partial charge in [0.1, 0.15) is 10.8 Å². The fourth-order valence-corrected chi connectivity index (χ4v) is 1.79. The van der Waals surface area contributed by atoms with Crippen molar-refractivity contribution in [3.63, 3.8) is 0 Å². The first-order chi connectivity index (χ1) is 8.66. The summed E-state index contributed by atoms with van der Waals surface area (Å²) >= 11 is 4.75. The van der Waals surface area contributed by atoms with Crippen LogP contribution in [0.5, 0.6) is 0 Å². The van der Waals surface area contributed by atoms with Crippen LogP contribution in [0.15, 0.2) is 48.5 Å². The first kappa shape index (κ1) is 12.5. The van der Waals surface area contributed by atoms with Gasteiger partial charge in [-0.1, -0.05) is 42.5 Å². The van der Waals surface area contributed by atoms with Gasteiger partial charge in [0.05, 0.1) is 0 Å². The summed E-state index contributed by atoms with van der Waals surface area (Å²) < 4.78 is 13.6. The maximum atomic E-state index is 13.6.